The SMILES string of the molecule is CCNC(=NCCCOCC)NC1CCN(C(=O)C2CCCC2)C1. The molecule has 2 rings (SSSR count). The van der Waals surface area contributed by atoms with Gasteiger partial charge in [0.05, 0.1) is 0 Å². The molecular weight excluding hydrogens is 304 g/mol. The van der Waals surface area contributed by atoms with Gasteiger partial charge in [0.1, 0.15) is 0 Å². The lowest BCUT2D eigenvalue weighted by Crippen LogP contribution is -2.45. The number of aliphatic imine (C=N–C) groups is 1. The van der Waals surface area contributed by atoms with Crippen LogP contribution < -0.4 is 10.6 Å². The van der Waals surface area contributed by atoms with Crippen LogP contribution in [0.15, 0.2) is 4.99 Å². The zero-order valence-electron chi connectivity index (χ0n) is 15.4. The fourth-order valence-corrected chi connectivity index (χ4v) is 3.52. The maximum Gasteiger partial charge on any atom is 0.225 e. The molecule has 1 atom stereocenters. The fraction of sp³-hybridized carbons (Fsp3) is 0.889. The maximum absolute atomic E-state index is 12.5. The normalized spacial score (nSPS) is 22.2. The zero-order valence-corrected chi connectivity index (χ0v) is 15.4. The van der Waals surface area contributed by atoms with Crippen LogP contribution in [-0.2, 0) is 9.53 Å². The van der Waals surface area contributed by atoms with Gasteiger partial charge in [-0.2, -0.15) is 0 Å². The molecule has 2 fully saturated rings. The Balaban J connectivity index is 1.75. The molecule has 1 saturated carbocycles. The van der Waals surface area contributed by atoms with Gasteiger partial charge in [0, 0.05) is 51.4 Å². The predicted molar refractivity (Wildman–Crippen MR) is 97.2 cm³/mol. The second-order valence-corrected chi connectivity index (χ2v) is 6.71. The number of likely N-dealkylation sites (tertiary alicyclic amines) is 1. The standard InChI is InChI=1S/C18H34N4O2/c1-3-19-18(20-11-7-13-24-4-2)21-16-10-12-22(14-16)17(23)15-8-5-6-9-15/h15-16H,3-14H2,1-2H3,(H2,19,20,21). The quantitative estimate of drug-likeness (QED) is 0.402. The van der Waals surface area contributed by atoms with Crippen LogP contribution >= 0.6 is 0 Å². The predicted octanol–water partition coefficient (Wildman–Crippen LogP) is 1.76. The summed E-state index contributed by atoms with van der Waals surface area (Å²) >= 11 is 0. The van der Waals surface area contributed by atoms with Crippen molar-refractivity contribution in [3.05, 3.63) is 0 Å². The van der Waals surface area contributed by atoms with Crippen molar-refractivity contribution in [2.45, 2.75) is 58.4 Å². The Hall–Kier alpha value is -1.30. The molecule has 24 heavy (non-hydrogen) atoms. The Labute approximate surface area is 146 Å². The average Bonchev–Trinajstić information content (AvgIpc) is 3.26. The first-order valence-corrected chi connectivity index (χ1v) is 9.66. The maximum atomic E-state index is 12.5. The van der Waals surface area contributed by atoms with Gasteiger partial charge in [0.2, 0.25) is 5.91 Å². The summed E-state index contributed by atoms with van der Waals surface area (Å²) in [5.74, 6) is 1.51. The van der Waals surface area contributed by atoms with E-state index in [2.05, 4.69) is 22.5 Å². The summed E-state index contributed by atoms with van der Waals surface area (Å²) in [4.78, 5) is 19.2. The van der Waals surface area contributed by atoms with Gasteiger partial charge in [0.25, 0.3) is 0 Å². The molecule has 138 valence electrons. The molecule has 1 unspecified atom stereocenters. The van der Waals surface area contributed by atoms with Crippen molar-refractivity contribution in [3.8, 4) is 0 Å². The minimum Gasteiger partial charge on any atom is -0.382 e. The Kier molecular flexibility index (Phi) is 8.36. The number of nitrogens with zero attached hydrogens (tertiary/aromatic N) is 2. The van der Waals surface area contributed by atoms with Crippen LogP contribution in [0.5, 0.6) is 0 Å². The lowest BCUT2D eigenvalue weighted by Gasteiger charge is -2.21. The molecule has 2 N–H and O–H groups in total. The number of rotatable bonds is 8. The van der Waals surface area contributed by atoms with Crippen LogP contribution in [0, 0.1) is 5.92 Å². The van der Waals surface area contributed by atoms with E-state index in [-0.39, 0.29) is 5.92 Å². The number of ether oxygens (including phenoxy) is 1. The highest BCUT2D eigenvalue weighted by molar-refractivity contribution is 5.81. The van der Waals surface area contributed by atoms with Gasteiger partial charge in [-0.05, 0) is 39.5 Å². The Morgan fingerprint density at radius 1 is 1.25 bits per heavy atom. The van der Waals surface area contributed by atoms with Gasteiger partial charge in [-0.15, -0.1) is 0 Å². The van der Waals surface area contributed by atoms with Crippen molar-refractivity contribution in [1.29, 1.82) is 0 Å². The first kappa shape index (κ1) is 19.0. The molecule has 0 spiro atoms. The van der Waals surface area contributed by atoms with Crippen molar-refractivity contribution >= 4 is 11.9 Å². The molecule has 0 aromatic carbocycles. The van der Waals surface area contributed by atoms with E-state index in [0.29, 0.717) is 11.9 Å². The summed E-state index contributed by atoms with van der Waals surface area (Å²) in [6, 6.07) is 0.306. The summed E-state index contributed by atoms with van der Waals surface area (Å²) in [7, 11) is 0. The second-order valence-electron chi connectivity index (χ2n) is 6.71. The van der Waals surface area contributed by atoms with Crippen LogP contribution in [0.2, 0.25) is 0 Å². The molecule has 1 aliphatic heterocycles. The van der Waals surface area contributed by atoms with Crippen LogP contribution in [0.3, 0.4) is 0 Å². The first-order valence-electron chi connectivity index (χ1n) is 9.66. The molecule has 0 bridgehead atoms. The van der Waals surface area contributed by atoms with E-state index in [4.69, 9.17) is 4.74 Å². The van der Waals surface area contributed by atoms with E-state index in [1.54, 1.807) is 0 Å². The van der Waals surface area contributed by atoms with E-state index >= 15 is 0 Å². The van der Waals surface area contributed by atoms with E-state index in [0.717, 1.165) is 71.0 Å². The Morgan fingerprint density at radius 2 is 2.04 bits per heavy atom. The van der Waals surface area contributed by atoms with Gasteiger partial charge in [-0.3, -0.25) is 9.79 Å². The third-order valence-electron chi connectivity index (χ3n) is 4.81. The summed E-state index contributed by atoms with van der Waals surface area (Å²) < 4.78 is 5.34. The van der Waals surface area contributed by atoms with Crippen LogP contribution in [0.4, 0.5) is 0 Å². The molecule has 6 heteroatoms. The third-order valence-corrected chi connectivity index (χ3v) is 4.81. The molecule has 1 saturated heterocycles. The number of nitrogens with one attached hydrogen (secondary N) is 2. The van der Waals surface area contributed by atoms with Crippen LogP contribution in [0.25, 0.3) is 0 Å². The topological polar surface area (TPSA) is 66.0 Å². The number of guanidine groups is 1. The Morgan fingerprint density at radius 3 is 2.75 bits per heavy atom. The van der Waals surface area contributed by atoms with Crippen molar-refractivity contribution in [1.82, 2.24) is 15.5 Å². The molecule has 1 aliphatic carbocycles. The molecule has 0 aromatic heterocycles. The summed E-state index contributed by atoms with van der Waals surface area (Å²) in [6.07, 6.45) is 6.52. The van der Waals surface area contributed by atoms with E-state index < -0.39 is 0 Å². The molecule has 1 heterocycles. The molecular formula is C18H34N4O2. The lowest BCUT2D eigenvalue weighted by atomic mass is 10.1. The number of hydrogen-bond acceptors (Lipinski definition) is 3. The molecule has 0 aromatic rings. The van der Waals surface area contributed by atoms with Crippen molar-refractivity contribution in [2.24, 2.45) is 10.9 Å². The van der Waals surface area contributed by atoms with E-state index in [1.807, 2.05) is 11.8 Å². The average molecular weight is 338 g/mol. The zero-order chi connectivity index (χ0) is 17.2. The minimum absolute atomic E-state index is 0.282. The van der Waals surface area contributed by atoms with E-state index in [9.17, 15) is 4.79 Å². The van der Waals surface area contributed by atoms with Crippen LogP contribution in [-0.4, -0.2) is 62.2 Å². The Bertz CT molecular complexity index is 408. The highest BCUT2D eigenvalue weighted by atomic mass is 16.5. The van der Waals surface area contributed by atoms with Crippen molar-refractivity contribution in [3.63, 3.8) is 0 Å². The molecule has 6 nitrogen and oxygen atoms in total. The minimum atomic E-state index is 0.282. The fourth-order valence-electron chi connectivity index (χ4n) is 3.52. The van der Waals surface area contributed by atoms with Gasteiger partial charge >= 0.3 is 0 Å². The second kappa shape index (κ2) is 10.5. The smallest absolute Gasteiger partial charge is 0.225 e. The largest absolute Gasteiger partial charge is 0.382 e. The summed E-state index contributed by atoms with van der Waals surface area (Å²) in [5.41, 5.74) is 0. The first-order chi connectivity index (χ1) is 11.7. The molecule has 1 amide bonds. The van der Waals surface area contributed by atoms with E-state index in [1.165, 1.54) is 12.8 Å². The van der Waals surface area contributed by atoms with Gasteiger partial charge < -0.3 is 20.3 Å². The van der Waals surface area contributed by atoms with Gasteiger partial charge in [-0.1, -0.05) is 12.8 Å². The number of amides is 1. The number of carbonyl (C=O) groups is 1. The van der Waals surface area contributed by atoms with Gasteiger partial charge in [0.15, 0.2) is 5.96 Å². The summed E-state index contributed by atoms with van der Waals surface area (Å²) in [6.45, 7) is 8.87. The van der Waals surface area contributed by atoms with Crippen LogP contribution in [0.1, 0.15) is 52.4 Å². The van der Waals surface area contributed by atoms with Gasteiger partial charge in [-0.25, -0.2) is 0 Å². The molecule has 0 radical (unpaired) electrons. The van der Waals surface area contributed by atoms with Crippen molar-refractivity contribution in [2.75, 3.05) is 39.4 Å². The van der Waals surface area contributed by atoms with Crippen molar-refractivity contribution < 1.29 is 9.53 Å². The highest BCUT2D eigenvalue weighted by Crippen LogP contribution is 2.27. The lowest BCUT2D eigenvalue weighted by molar-refractivity contribution is -0.134. The molecule has 2 aliphatic rings. The monoisotopic (exact) mass is 338 g/mol. The number of carbonyl (C=O) groups excluding carboxylic acids is 1. The highest BCUT2D eigenvalue weighted by Gasteiger charge is 2.32. The number of hydrogen-bond donors (Lipinski definition) is 2. The third kappa shape index (κ3) is 5.96. The summed E-state index contributed by atoms with van der Waals surface area (Å²) in [5, 5.41) is 6.78.